The fourth-order valence-electron chi connectivity index (χ4n) is 3.16. The molecule has 1 saturated heterocycles. The summed E-state index contributed by atoms with van der Waals surface area (Å²) in [5, 5.41) is 6.58. The molecule has 3 nitrogen and oxygen atoms in total. The topological polar surface area (TPSA) is 41.1 Å². The zero-order chi connectivity index (χ0) is 12.3. The van der Waals surface area contributed by atoms with E-state index in [-0.39, 0.29) is 5.91 Å². The van der Waals surface area contributed by atoms with Crippen molar-refractivity contribution in [2.45, 2.75) is 58.4 Å². The second kappa shape index (κ2) is 5.38. The van der Waals surface area contributed by atoms with Crippen LogP contribution in [-0.4, -0.2) is 25.0 Å². The molecule has 0 aromatic heterocycles. The van der Waals surface area contributed by atoms with Crippen molar-refractivity contribution >= 4 is 5.91 Å². The third kappa shape index (κ3) is 3.44. The first kappa shape index (κ1) is 12.9. The molecule has 2 N–H and O–H groups in total. The SMILES string of the molecule is CC1(C)CCCC1NC(=O)CCC1CCNC1. The number of hydrogen-bond acceptors (Lipinski definition) is 2. The first-order valence-electron chi connectivity index (χ1n) is 7.08. The Morgan fingerprint density at radius 2 is 2.24 bits per heavy atom. The second-order valence-corrected chi connectivity index (χ2v) is 6.40. The molecule has 1 amide bonds. The van der Waals surface area contributed by atoms with Crippen LogP contribution in [0.15, 0.2) is 0 Å². The molecular formula is C14H26N2O. The monoisotopic (exact) mass is 238 g/mol. The highest BCUT2D eigenvalue weighted by atomic mass is 16.1. The lowest BCUT2D eigenvalue weighted by atomic mass is 9.87. The zero-order valence-corrected chi connectivity index (χ0v) is 11.2. The Hall–Kier alpha value is -0.570. The van der Waals surface area contributed by atoms with E-state index in [0.717, 1.165) is 31.8 Å². The summed E-state index contributed by atoms with van der Waals surface area (Å²) in [6.45, 7) is 6.77. The molecular weight excluding hydrogens is 212 g/mol. The number of nitrogens with one attached hydrogen (secondary N) is 2. The predicted octanol–water partition coefficient (Wildman–Crippen LogP) is 2.07. The van der Waals surface area contributed by atoms with Crippen molar-refractivity contribution in [3.05, 3.63) is 0 Å². The lowest BCUT2D eigenvalue weighted by Crippen LogP contribution is -2.41. The van der Waals surface area contributed by atoms with Gasteiger partial charge in [0.05, 0.1) is 0 Å². The van der Waals surface area contributed by atoms with E-state index in [9.17, 15) is 4.79 Å². The van der Waals surface area contributed by atoms with E-state index in [1.807, 2.05) is 0 Å². The summed E-state index contributed by atoms with van der Waals surface area (Å²) in [5.41, 5.74) is 0.296. The van der Waals surface area contributed by atoms with Crippen LogP contribution in [-0.2, 0) is 4.79 Å². The molecule has 2 rings (SSSR count). The number of carbonyl (C=O) groups excluding carboxylic acids is 1. The van der Waals surface area contributed by atoms with E-state index in [1.165, 1.54) is 19.3 Å². The minimum absolute atomic E-state index is 0.261. The fourth-order valence-corrected chi connectivity index (χ4v) is 3.16. The molecule has 1 aliphatic heterocycles. The Bertz CT molecular complexity index is 269. The number of hydrogen-bond donors (Lipinski definition) is 2. The molecule has 0 spiro atoms. The van der Waals surface area contributed by atoms with Crippen molar-refractivity contribution in [1.29, 1.82) is 0 Å². The lowest BCUT2D eigenvalue weighted by Gasteiger charge is -2.28. The molecule has 2 unspecified atom stereocenters. The third-order valence-electron chi connectivity index (χ3n) is 4.53. The highest BCUT2D eigenvalue weighted by Crippen LogP contribution is 2.37. The van der Waals surface area contributed by atoms with Gasteiger partial charge in [-0.3, -0.25) is 4.79 Å². The maximum absolute atomic E-state index is 11.9. The first-order valence-corrected chi connectivity index (χ1v) is 7.08. The highest BCUT2D eigenvalue weighted by molar-refractivity contribution is 5.76. The molecule has 17 heavy (non-hydrogen) atoms. The first-order chi connectivity index (χ1) is 8.08. The molecule has 1 aliphatic carbocycles. The molecule has 98 valence electrons. The molecule has 2 aliphatic rings. The van der Waals surface area contributed by atoms with Crippen molar-refractivity contribution in [2.24, 2.45) is 11.3 Å². The zero-order valence-electron chi connectivity index (χ0n) is 11.2. The van der Waals surface area contributed by atoms with Gasteiger partial charge in [-0.05, 0) is 50.1 Å². The number of amides is 1. The van der Waals surface area contributed by atoms with Crippen LogP contribution in [0.1, 0.15) is 52.4 Å². The van der Waals surface area contributed by atoms with Gasteiger partial charge in [0, 0.05) is 12.5 Å². The Kier molecular flexibility index (Phi) is 4.08. The summed E-state index contributed by atoms with van der Waals surface area (Å²) in [6, 6.07) is 0.400. The van der Waals surface area contributed by atoms with Crippen LogP contribution >= 0.6 is 0 Å². The van der Waals surface area contributed by atoms with Gasteiger partial charge in [-0.1, -0.05) is 20.3 Å². The van der Waals surface area contributed by atoms with Gasteiger partial charge in [0.25, 0.3) is 0 Å². The Morgan fingerprint density at radius 3 is 2.82 bits per heavy atom. The summed E-state index contributed by atoms with van der Waals surface area (Å²) in [7, 11) is 0. The van der Waals surface area contributed by atoms with Crippen molar-refractivity contribution < 1.29 is 4.79 Å². The van der Waals surface area contributed by atoms with Gasteiger partial charge in [-0.15, -0.1) is 0 Å². The van der Waals surface area contributed by atoms with E-state index < -0.39 is 0 Å². The molecule has 0 bridgehead atoms. The minimum Gasteiger partial charge on any atom is -0.353 e. The number of rotatable bonds is 4. The Balaban J connectivity index is 1.69. The molecule has 0 aromatic rings. The van der Waals surface area contributed by atoms with E-state index in [2.05, 4.69) is 24.5 Å². The Morgan fingerprint density at radius 1 is 1.41 bits per heavy atom. The van der Waals surface area contributed by atoms with Crippen LogP contribution in [0.4, 0.5) is 0 Å². The Labute approximate surface area is 105 Å². The molecule has 1 saturated carbocycles. The average Bonchev–Trinajstić information content (AvgIpc) is 2.86. The smallest absolute Gasteiger partial charge is 0.220 e. The summed E-state index contributed by atoms with van der Waals surface area (Å²) in [4.78, 5) is 11.9. The average molecular weight is 238 g/mol. The van der Waals surface area contributed by atoms with Crippen LogP contribution in [0, 0.1) is 11.3 Å². The van der Waals surface area contributed by atoms with Gasteiger partial charge in [0.15, 0.2) is 0 Å². The van der Waals surface area contributed by atoms with E-state index in [1.54, 1.807) is 0 Å². The predicted molar refractivity (Wildman–Crippen MR) is 69.8 cm³/mol. The molecule has 2 atom stereocenters. The van der Waals surface area contributed by atoms with Crippen LogP contribution in [0.5, 0.6) is 0 Å². The second-order valence-electron chi connectivity index (χ2n) is 6.40. The van der Waals surface area contributed by atoms with Gasteiger partial charge in [-0.2, -0.15) is 0 Å². The maximum Gasteiger partial charge on any atom is 0.220 e. The molecule has 0 radical (unpaired) electrons. The normalized spacial score (nSPS) is 31.6. The summed E-state index contributed by atoms with van der Waals surface area (Å²) >= 11 is 0. The lowest BCUT2D eigenvalue weighted by molar-refractivity contribution is -0.122. The summed E-state index contributed by atoms with van der Waals surface area (Å²) in [6.07, 6.45) is 6.64. The van der Waals surface area contributed by atoms with Gasteiger partial charge < -0.3 is 10.6 Å². The van der Waals surface area contributed by atoms with Gasteiger partial charge in [-0.25, -0.2) is 0 Å². The molecule has 1 heterocycles. The van der Waals surface area contributed by atoms with Crippen LogP contribution in [0.2, 0.25) is 0 Å². The third-order valence-corrected chi connectivity index (χ3v) is 4.53. The molecule has 2 fully saturated rings. The quantitative estimate of drug-likeness (QED) is 0.787. The molecule has 3 heteroatoms. The highest BCUT2D eigenvalue weighted by Gasteiger charge is 2.35. The van der Waals surface area contributed by atoms with E-state index in [4.69, 9.17) is 0 Å². The van der Waals surface area contributed by atoms with Crippen molar-refractivity contribution in [2.75, 3.05) is 13.1 Å². The van der Waals surface area contributed by atoms with Crippen molar-refractivity contribution in [1.82, 2.24) is 10.6 Å². The van der Waals surface area contributed by atoms with E-state index in [0.29, 0.717) is 17.9 Å². The van der Waals surface area contributed by atoms with Gasteiger partial charge >= 0.3 is 0 Å². The van der Waals surface area contributed by atoms with Crippen molar-refractivity contribution in [3.63, 3.8) is 0 Å². The van der Waals surface area contributed by atoms with Gasteiger partial charge in [0.1, 0.15) is 0 Å². The van der Waals surface area contributed by atoms with Crippen molar-refractivity contribution in [3.8, 4) is 0 Å². The summed E-state index contributed by atoms with van der Waals surface area (Å²) < 4.78 is 0. The summed E-state index contributed by atoms with van der Waals surface area (Å²) in [5.74, 6) is 0.981. The minimum atomic E-state index is 0.261. The number of carbonyl (C=O) groups is 1. The fraction of sp³-hybridized carbons (Fsp3) is 0.929. The maximum atomic E-state index is 11.9. The van der Waals surface area contributed by atoms with E-state index >= 15 is 0 Å². The van der Waals surface area contributed by atoms with Crippen LogP contribution in [0.25, 0.3) is 0 Å². The van der Waals surface area contributed by atoms with Gasteiger partial charge in [0.2, 0.25) is 5.91 Å². The standard InChI is InChI=1S/C14H26N2O/c1-14(2)8-3-4-12(14)16-13(17)6-5-11-7-9-15-10-11/h11-12,15H,3-10H2,1-2H3,(H,16,17). The van der Waals surface area contributed by atoms with Crippen LogP contribution < -0.4 is 10.6 Å². The van der Waals surface area contributed by atoms with Crippen LogP contribution in [0.3, 0.4) is 0 Å². The largest absolute Gasteiger partial charge is 0.353 e. The molecule has 0 aromatic carbocycles.